The van der Waals surface area contributed by atoms with Gasteiger partial charge < -0.3 is 11.1 Å². The fourth-order valence-electron chi connectivity index (χ4n) is 1.70. The van der Waals surface area contributed by atoms with Crippen LogP contribution in [0.1, 0.15) is 42.4 Å². The van der Waals surface area contributed by atoms with Crippen LogP contribution in [0.15, 0.2) is 24.3 Å². The van der Waals surface area contributed by atoms with Gasteiger partial charge in [-0.2, -0.15) is 4.98 Å². The van der Waals surface area contributed by atoms with Crippen LogP contribution in [0.5, 0.6) is 0 Å². The van der Waals surface area contributed by atoms with Gasteiger partial charge in [0.15, 0.2) is 0 Å². The Kier molecular flexibility index (Phi) is 3.79. The van der Waals surface area contributed by atoms with Gasteiger partial charge in [0.25, 0.3) is 5.91 Å². The Labute approximate surface area is 111 Å². The third kappa shape index (κ3) is 3.09. The van der Waals surface area contributed by atoms with E-state index < -0.39 is 0 Å². The second kappa shape index (κ2) is 5.51. The van der Waals surface area contributed by atoms with Gasteiger partial charge in [-0.1, -0.05) is 26.0 Å². The lowest BCUT2D eigenvalue weighted by molar-refractivity contribution is 0.101. The standard InChI is InChI=1S/C13H17N5O/c1-3-8(2)9-4-6-10(7-5-9)15-12(19)11-16-13(14)18-17-11/h4-8H,3H2,1-2H3,(H,15,19)(H3,14,16,17,18). The number of carbonyl (C=O) groups is 1. The molecule has 2 aromatic rings. The van der Waals surface area contributed by atoms with Crippen LogP contribution in [0.25, 0.3) is 0 Å². The predicted molar refractivity (Wildman–Crippen MR) is 73.9 cm³/mol. The first kappa shape index (κ1) is 13.1. The summed E-state index contributed by atoms with van der Waals surface area (Å²) in [6.07, 6.45) is 1.09. The molecule has 2 rings (SSSR count). The number of aromatic nitrogens is 3. The lowest BCUT2D eigenvalue weighted by atomic mass is 9.99. The van der Waals surface area contributed by atoms with Gasteiger partial charge in [-0.25, -0.2) is 0 Å². The number of nitrogens with zero attached hydrogens (tertiary/aromatic N) is 2. The minimum absolute atomic E-state index is 0.0530. The van der Waals surface area contributed by atoms with Crippen molar-refractivity contribution in [1.82, 2.24) is 15.2 Å². The van der Waals surface area contributed by atoms with Crippen LogP contribution in [0, 0.1) is 0 Å². The van der Waals surface area contributed by atoms with Crippen molar-refractivity contribution in [1.29, 1.82) is 0 Å². The topological polar surface area (TPSA) is 96.7 Å². The molecule has 6 nitrogen and oxygen atoms in total. The Morgan fingerprint density at radius 2 is 2.11 bits per heavy atom. The lowest BCUT2D eigenvalue weighted by Crippen LogP contribution is -2.13. The summed E-state index contributed by atoms with van der Waals surface area (Å²) < 4.78 is 0. The van der Waals surface area contributed by atoms with Crippen molar-refractivity contribution in [2.75, 3.05) is 11.1 Å². The van der Waals surface area contributed by atoms with E-state index in [2.05, 4.69) is 34.3 Å². The van der Waals surface area contributed by atoms with Crippen LogP contribution < -0.4 is 11.1 Å². The van der Waals surface area contributed by atoms with Crippen LogP contribution in [-0.2, 0) is 0 Å². The molecule has 0 spiro atoms. The van der Waals surface area contributed by atoms with Gasteiger partial charge in [-0.15, -0.1) is 5.10 Å². The quantitative estimate of drug-likeness (QED) is 0.783. The number of hydrogen-bond donors (Lipinski definition) is 3. The maximum absolute atomic E-state index is 11.8. The van der Waals surface area contributed by atoms with Crippen molar-refractivity contribution in [3.8, 4) is 0 Å². The van der Waals surface area contributed by atoms with E-state index >= 15 is 0 Å². The summed E-state index contributed by atoms with van der Waals surface area (Å²) >= 11 is 0. The largest absolute Gasteiger partial charge is 0.366 e. The van der Waals surface area contributed by atoms with E-state index in [0.717, 1.165) is 6.42 Å². The molecule has 0 radical (unpaired) electrons. The van der Waals surface area contributed by atoms with Gasteiger partial charge in [0.2, 0.25) is 11.8 Å². The number of carbonyl (C=O) groups excluding carboxylic acids is 1. The predicted octanol–water partition coefficient (Wildman–Crippen LogP) is 2.15. The molecule has 0 saturated heterocycles. The van der Waals surface area contributed by atoms with E-state index in [1.54, 1.807) is 0 Å². The first-order valence-electron chi connectivity index (χ1n) is 6.19. The Balaban J connectivity index is 2.05. The van der Waals surface area contributed by atoms with Crippen LogP contribution >= 0.6 is 0 Å². The average molecular weight is 259 g/mol. The molecule has 1 amide bonds. The highest BCUT2D eigenvalue weighted by molar-refractivity contribution is 6.01. The van der Waals surface area contributed by atoms with Gasteiger partial charge in [0.1, 0.15) is 0 Å². The highest BCUT2D eigenvalue weighted by Crippen LogP contribution is 2.20. The third-order valence-corrected chi connectivity index (χ3v) is 3.07. The summed E-state index contributed by atoms with van der Waals surface area (Å²) in [5, 5.41) is 8.80. The molecule has 0 aliphatic heterocycles. The van der Waals surface area contributed by atoms with Gasteiger partial charge in [0, 0.05) is 5.69 Å². The average Bonchev–Trinajstić information content (AvgIpc) is 2.85. The first-order chi connectivity index (χ1) is 9.10. The lowest BCUT2D eigenvalue weighted by Gasteiger charge is -2.09. The summed E-state index contributed by atoms with van der Waals surface area (Å²) in [5.74, 6) is 0.306. The first-order valence-corrected chi connectivity index (χ1v) is 6.19. The zero-order valence-corrected chi connectivity index (χ0v) is 11.0. The minimum Gasteiger partial charge on any atom is -0.366 e. The summed E-state index contributed by atoms with van der Waals surface area (Å²) in [4.78, 5) is 15.6. The molecule has 100 valence electrons. The van der Waals surface area contributed by atoms with E-state index in [9.17, 15) is 4.79 Å². The molecule has 0 aliphatic rings. The monoisotopic (exact) mass is 259 g/mol. The Morgan fingerprint density at radius 1 is 1.42 bits per heavy atom. The molecular formula is C13H17N5O. The molecule has 4 N–H and O–H groups in total. The number of amides is 1. The smallest absolute Gasteiger partial charge is 0.293 e. The van der Waals surface area contributed by atoms with Crippen molar-refractivity contribution >= 4 is 17.5 Å². The van der Waals surface area contributed by atoms with Crippen molar-refractivity contribution in [3.63, 3.8) is 0 Å². The van der Waals surface area contributed by atoms with Crippen LogP contribution in [0.3, 0.4) is 0 Å². The van der Waals surface area contributed by atoms with E-state index in [1.165, 1.54) is 5.56 Å². The molecule has 0 aliphatic carbocycles. The van der Waals surface area contributed by atoms with Crippen LogP contribution in [-0.4, -0.2) is 21.1 Å². The Bertz CT molecular complexity index is 561. The van der Waals surface area contributed by atoms with Crippen LogP contribution in [0.4, 0.5) is 11.6 Å². The maximum Gasteiger partial charge on any atom is 0.293 e. The van der Waals surface area contributed by atoms with E-state index in [4.69, 9.17) is 5.73 Å². The third-order valence-electron chi connectivity index (χ3n) is 3.07. The van der Waals surface area contributed by atoms with Gasteiger partial charge >= 0.3 is 0 Å². The van der Waals surface area contributed by atoms with Gasteiger partial charge in [-0.3, -0.25) is 9.89 Å². The van der Waals surface area contributed by atoms with Crippen molar-refractivity contribution in [2.45, 2.75) is 26.2 Å². The maximum atomic E-state index is 11.8. The molecule has 0 fully saturated rings. The minimum atomic E-state index is -0.361. The fraction of sp³-hybridized carbons (Fsp3) is 0.308. The number of nitrogen functional groups attached to an aromatic ring is 1. The second-order valence-corrected chi connectivity index (χ2v) is 4.43. The number of benzene rings is 1. The highest BCUT2D eigenvalue weighted by atomic mass is 16.2. The molecule has 0 bridgehead atoms. The van der Waals surface area contributed by atoms with Crippen molar-refractivity contribution < 1.29 is 4.79 Å². The fourth-order valence-corrected chi connectivity index (χ4v) is 1.70. The second-order valence-electron chi connectivity index (χ2n) is 4.43. The summed E-state index contributed by atoms with van der Waals surface area (Å²) in [6, 6.07) is 7.77. The number of hydrogen-bond acceptors (Lipinski definition) is 4. The van der Waals surface area contributed by atoms with Crippen molar-refractivity contribution in [3.05, 3.63) is 35.7 Å². The van der Waals surface area contributed by atoms with E-state index in [0.29, 0.717) is 11.6 Å². The number of rotatable bonds is 4. The molecule has 6 heteroatoms. The zero-order valence-electron chi connectivity index (χ0n) is 11.0. The molecule has 19 heavy (non-hydrogen) atoms. The van der Waals surface area contributed by atoms with E-state index in [1.807, 2.05) is 24.3 Å². The number of nitrogens with two attached hydrogens (primary N) is 1. The Morgan fingerprint density at radius 3 is 2.63 bits per heavy atom. The SMILES string of the molecule is CCC(C)c1ccc(NC(=O)c2nc(N)n[nH]2)cc1. The highest BCUT2D eigenvalue weighted by Gasteiger charge is 2.11. The van der Waals surface area contributed by atoms with Crippen molar-refractivity contribution in [2.24, 2.45) is 0 Å². The summed E-state index contributed by atoms with van der Waals surface area (Å²) in [6.45, 7) is 4.32. The van der Waals surface area contributed by atoms with Gasteiger partial charge in [0.05, 0.1) is 0 Å². The van der Waals surface area contributed by atoms with E-state index in [-0.39, 0.29) is 17.7 Å². The molecule has 1 aromatic carbocycles. The molecule has 1 atom stereocenters. The number of nitrogens with one attached hydrogen (secondary N) is 2. The molecule has 1 heterocycles. The molecule has 1 aromatic heterocycles. The van der Waals surface area contributed by atoms with Gasteiger partial charge in [-0.05, 0) is 30.0 Å². The number of anilines is 2. The summed E-state index contributed by atoms with van der Waals surface area (Å²) in [7, 11) is 0. The number of aromatic amines is 1. The zero-order chi connectivity index (χ0) is 13.8. The van der Waals surface area contributed by atoms with Crippen LogP contribution in [0.2, 0.25) is 0 Å². The molecule has 0 saturated carbocycles. The Hall–Kier alpha value is -2.37. The molecule has 1 unspecified atom stereocenters. The number of H-pyrrole nitrogens is 1. The summed E-state index contributed by atoms with van der Waals surface area (Å²) in [5.41, 5.74) is 7.31. The normalized spacial score (nSPS) is 12.1. The molecular weight excluding hydrogens is 242 g/mol.